The van der Waals surface area contributed by atoms with Gasteiger partial charge in [0.15, 0.2) is 11.5 Å². The van der Waals surface area contributed by atoms with Crippen LogP contribution in [0.1, 0.15) is 36.4 Å². The zero-order valence-electron chi connectivity index (χ0n) is 12.3. The molecule has 2 N–H and O–H groups in total. The molecule has 21 heavy (non-hydrogen) atoms. The fourth-order valence-corrected chi connectivity index (χ4v) is 2.49. The van der Waals surface area contributed by atoms with E-state index in [1.54, 1.807) is 0 Å². The van der Waals surface area contributed by atoms with Gasteiger partial charge in [0.25, 0.3) is 0 Å². The maximum absolute atomic E-state index is 6.21. The predicted molar refractivity (Wildman–Crippen MR) is 85.1 cm³/mol. The fourth-order valence-electron chi connectivity index (χ4n) is 2.49. The van der Waals surface area contributed by atoms with Gasteiger partial charge in [-0.25, -0.2) is 4.98 Å². The molecule has 0 spiro atoms. The van der Waals surface area contributed by atoms with Gasteiger partial charge >= 0.3 is 0 Å². The Bertz CT molecular complexity index is 718. The number of aryl methyl sites for hydroxylation is 2. The van der Waals surface area contributed by atoms with E-state index in [-0.39, 0.29) is 6.04 Å². The first kappa shape index (κ1) is 13.8. The molecule has 0 aliphatic carbocycles. The summed E-state index contributed by atoms with van der Waals surface area (Å²) in [6.07, 6.45) is 2.60. The molecule has 1 aromatic heterocycles. The third kappa shape index (κ3) is 3.14. The molecule has 0 radical (unpaired) electrons. The summed E-state index contributed by atoms with van der Waals surface area (Å²) in [5.41, 5.74) is 10.4. The molecule has 3 aromatic rings. The summed E-state index contributed by atoms with van der Waals surface area (Å²) >= 11 is 0. The number of hydrogen-bond acceptors (Lipinski definition) is 3. The summed E-state index contributed by atoms with van der Waals surface area (Å²) in [4.78, 5) is 4.56. The lowest BCUT2D eigenvalue weighted by molar-refractivity contribution is 0.501. The van der Waals surface area contributed by atoms with Crippen LogP contribution in [0.3, 0.4) is 0 Å². The van der Waals surface area contributed by atoms with E-state index in [4.69, 9.17) is 10.2 Å². The second kappa shape index (κ2) is 6.10. The zero-order chi connectivity index (χ0) is 14.7. The molecule has 0 bridgehead atoms. The Hall–Kier alpha value is -2.13. The van der Waals surface area contributed by atoms with Crippen molar-refractivity contribution in [1.82, 2.24) is 4.98 Å². The smallest absolute Gasteiger partial charge is 0.195 e. The van der Waals surface area contributed by atoms with Crippen molar-refractivity contribution in [2.24, 2.45) is 5.73 Å². The second-order valence-electron chi connectivity index (χ2n) is 5.32. The highest BCUT2D eigenvalue weighted by atomic mass is 16.3. The van der Waals surface area contributed by atoms with Gasteiger partial charge in [-0.1, -0.05) is 43.3 Å². The number of nitrogens with zero attached hydrogens (tertiary/aromatic N) is 1. The number of benzene rings is 2. The molecule has 0 saturated carbocycles. The Kier molecular flexibility index (Phi) is 4.02. The van der Waals surface area contributed by atoms with Gasteiger partial charge in [0.1, 0.15) is 5.52 Å². The Balaban J connectivity index is 1.70. The van der Waals surface area contributed by atoms with Crippen LogP contribution >= 0.6 is 0 Å². The van der Waals surface area contributed by atoms with Crippen LogP contribution in [0, 0.1) is 0 Å². The number of rotatable bonds is 5. The third-order valence-corrected chi connectivity index (χ3v) is 3.80. The quantitative estimate of drug-likeness (QED) is 0.768. The normalized spacial score (nSPS) is 12.7. The van der Waals surface area contributed by atoms with Crippen molar-refractivity contribution >= 4 is 11.1 Å². The largest absolute Gasteiger partial charge is 0.441 e. The summed E-state index contributed by atoms with van der Waals surface area (Å²) < 4.78 is 5.79. The first-order chi connectivity index (χ1) is 10.3. The van der Waals surface area contributed by atoms with Gasteiger partial charge < -0.3 is 10.2 Å². The monoisotopic (exact) mass is 280 g/mol. The van der Waals surface area contributed by atoms with Crippen LogP contribution in [0.25, 0.3) is 11.1 Å². The number of nitrogens with two attached hydrogens (primary N) is 1. The van der Waals surface area contributed by atoms with Crippen molar-refractivity contribution < 1.29 is 4.42 Å². The molecular weight excluding hydrogens is 260 g/mol. The number of hydrogen-bond donors (Lipinski definition) is 1. The average Bonchev–Trinajstić information content (AvgIpc) is 2.95. The molecule has 1 heterocycles. The van der Waals surface area contributed by atoms with Crippen LogP contribution in [0.2, 0.25) is 0 Å². The van der Waals surface area contributed by atoms with Gasteiger partial charge in [0, 0.05) is 12.5 Å². The van der Waals surface area contributed by atoms with Crippen LogP contribution in [0.4, 0.5) is 0 Å². The van der Waals surface area contributed by atoms with Crippen LogP contribution < -0.4 is 5.73 Å². The van der Waals surface area contributed by atoms with Crippen LogP contribution in [-0.4, -0.2) is 4.98 Å². The maximum atomic E-state index is 6.21. The topological polar surface area (TPSA) is 52.0 Å². The van der Waals surface area contributed by atoms with E-state index in [9.17, 15) is 0 Å². The van der Waals surface area contributed by atoms with Crippen molar-refractivity contribution in [2.45, 2.75) is 32.2 Å². The van der Waals surface area contributed by atoms with Crippen LogP contribution in [0.15, 0.2) is 52.9 Å². The molecule has 0 amide bonds. The van der Waals surface area contributed by atoms with Gasteiger partial charge in [0.2, 0.25) is 0 Å². The summed E-state index contributed by atoms with van der Waals surface area (Å²) in [7, 11) is 0. The Labute approximate surface area is 124 Å². The van der Waals surface area contributed by atoms with Gasteiger partial charge in [-0.05, 0) is 36.1 Å². The first-order valence-electron chi connectivity index (χ1n) is 7.45. The zero-order valence-corrected chi connectivity index (χ0v) is 12.3. The lowest BCUT2D eigenvalue weighted by atomic mass is 10.0. The maximum Gasteiger partial charge on any atom is 0.195 e. The van der Waals surface area contributed by atoms with Crippen molar-refractivity contribution in [2.75, 3.05) is 0 Å². The van der Waals surface area contributed by atoms with Crippen LogP contribution in [0.5, 0.6) is 0 Å². The van der Waals surface area contributed by atoms with Gasteiger partial charge in [0.05, 0.1) is 0 Å². The van der Waals surface area contributed by atoms with Crippen molar-refractivity contribution in [3.05, 3.63) is 65.5 Å². The molecule has 3 nitrogen and oxygen atoms in total. The number of fused-ring (bicyclic) bond motifs is 1. The number of aromatic nitrogens is 1. The Morgan fingerprint density at radius 2 is 1.95 bits per heavy atom. The van der Waals surface area contributed by atoms with E-state index >= 15 is 0 Å². The molecule has 3 heteroatoms. The average molecular weight is 280 g/mol. The molecule has 0 fully saturated rings. The van der Waals surface area contributed by atoms with E-state index in [1.165, 1.54) is 5.56 Å². The van der Waals surface area contributed by atoms with E-state index in [0.29, 0.717) is 0 Å². The van der Waals surface area contributed by atoms with Crippen molar-refractivity contribution in [3.8, 4) is 0 Å². The lowest BCUT2D eigenvalue weighted by Crippen LogP contribution is -2.11. The SMILES string of the molecule is CCc1ccc2oc(CCC(N)c3ccccc3)nc2c1. The standard InChI is InChI=1S/C18H20N2O/c1-2-13-8-10-17-16(12-13)20-18(21-17)11-9-15(19)14-6-4-3-5-7-14/h3-8,10,12,15H,2,9,11,19H2,1H3. The molecule has 0 aliphatic rings. The molecule has 1 atom stereocenters. The number of oxazole rings is 1. The van der Waals surface area contributed by atoms with E-state index in [2.05, 4.69) is 36.2 Å². The van der Waals surface area contributed by atoms with Gasteiger partial charge in [-0.15, -0.1) is 0 Å². The highest BCUT2D eigenvalue weighted by Gasteiger charge is 2.10. The summed E-state index contributed by atoms with van der Waals surface area (Å²) in [6, 6.07) is 16.4. The summed E-state index contributed by atoms with van der Waals surface area (Å²) in [5.74, 6) is 0.768. The summed E-state index contributed by atoms with van der Waals surface area (Å²) in [6.45, 7) is 2.14. The lowest BCUT2D eigenvalue weighted by Gasteiger charge is -2.09. The molecule has 0 aliphatic heterocycles. The van der Waals surface area contributed by atoms with Crippen molar-refractivity contribution in [3.63, 3.8) is 0 Å². The minimum absolute atomic E-state index is 0.0208. The molecule has 1 unspecified atom stereocenters. The van der Waals surface area contributed by atoms with Crippen molar-refractivity contribution in [1.29, 1.82) is 0 Å². The highest BCUT2D eigenvalue weighted by molar-refractivity contribution is 5.73. The molecule has 0 saturated heterocycles. The van der Waals surface area contributed by atoms with Gasteiger partial charge in [-0.2, -0.15) is 0 Å². The Morgan fingerprint density at radius 3 is 2.71 bits per heavy atom. The molecular formula is C18H20N2O. The highest BCUT2D eigenvalue weighted by Crippen LogP contribution is 2.21. The summed E-state index contributed by atoms with van der Waals surface area (Å²) in [5, 5.41) is 0. The fraction of sp³-hybridized carbons (Fsp3) is 0.278. The molecule has 108 valence electrons. The minimum atomic E-state index is 0.0208. The first-order valence-corrected chi connectivity index (χ1v) is 7.45. The van der Waals surface area contributed by atoms with E-state index < -0.39 is 0 Å². The minimum Gasteiger partial charge on any atom is -0.441 e. The second-order valence-corrected chi connectivity index (χ2v) is 5.32. The molecule has 3 rings (SSSR count). The predicted octanol–water partition coefficient (Wildman–Crippen LogP) is 4.02. The molecule has 2 aromatic carbocycles. The van der Waals surface area contributed by atoms with Crippen LogP contribution in [-0.2, 0) is 12.8 Å². The van der Waals surface area contributed by atoms with E-state index in [1.807, 2.05) is 24.3 Å². The van der Waals surface area contributed by atoms with Gasteiger partial charge in [-0.3, -0.25) is 0 Å². The Morgan fingerprint density at radius 1 is 1.14 bits per heavy atom. The third-order valence-electron chi connectivity index (χ3n) is 3.80. The van der Waals surface area contributed by atoms with E-state index in [0.717, 1.165) is 41.8 Å².